The highest BCUT2D eigenvalue weighted by Crippen LogP contribution is 2.26. The second kappa shape index (κ2) is 8.19. The molecule has 7 nitrogen and oxygen atoms in total. The third-order valence-electron chi connectivity index (χ3n) is 7.15. The summed E-state index contributed by atoms with van der Waals surface area (Å²) in [6.07, 6.45) is 3.19. The summed E-state index contributed by atoms with van der Waals surface area (Å²) in [4.78, 5) is 17.9. The lowest BCUT2D eigenvalue weighted by molar-refractivity contribution is -0.932. The van der Waals surface area contributed by atoms with Crippen molar-refractivity contribution in [3.05, 3.63) is 51.1 Å². The molecule has 1 aliphatic rings. The van der Waals surface area contributed by atoms with Gasteiger partial charge in [0.1, 0.15) is 0 Å². The van der Waals surface area contributed by atoms with E-state index < -0.39 is 0 Å². The normalized spacial score (nSPS) is 20.8. The lowest BCUT2D eigenvalue weighted by Crippen LogP contribution is -3.13. The maximum absolute atomic E-state index is 13.4. The second-order valence-corrected chi connectivity index (χ2v) is 9.99. The van der Waals surface area contributed by atoms with E-state index in [9.17, 15) is 4.79 Å². The Balaban J connectivity index is 1.92. The molecule has 1 aliphatic heterocycles. The Bertz CT molecular complexity index is 1140. The Morgan fingerprint density at radius 1 is 1.23 bits per heavy atom. The molecule has 0 radical (unpaired) electrons. The molecule has 3 aromatic rings. The average Bonchev–Trinajstić information content (AvgIpc) is 3.21. The summed E-state index contributed by atoms with van der Waals surface area (Å²) in [5.74, 6) is 1.50. The van der Waals surface area contributed by atoms with E-state index in [2.05, 4.69) is 73.3 Å². The molecule has 2 aromatic heterocycles. The van der Waals surface area contributed by atoms with Crippen LogP contribution in [0.3, 0.4) is 0 Å². The van der Waals surface area contributed by atoms with Crippen LogP contribution < -0.4 is 10.5 Å². The second-order valence-electron chi connectivity index (χ2n) is 9.99. The largest absolute Gasteiger partial charge is 0.322 e. The van der Waals surface area contributed by atoms with Crippen LogP contribution in [0, 0.1) is 19.8 Å². The van der Waals surface area contributed by atoms with Gasteiger partial charge in [-0.25, -0.2) is 4.68 Å². The van der Waals surface area contributed by atoms with Gasteiger partial charge < -0.3 is 9.88 Å². The number of fused-ring (bicyclic) bond motifs is 1. The summed E-state index contributed by atoms with van der Waals surface area (Å²) in [5, 5.41) is 14.0. The molecule has 166 valence electrons. The van der Waals surface area contributed by atoms with E-state index in [1.807, 2.05) is 11.6 Å². The number of nitrogens with zero attached hydrogens (tertiary/aromatic N) is 4. The van der Waals surface area contributed by atoms with Crippen molar-refractivity contribution in [2.24, 2.45) is 5.92 Å². The fourth-order valence-electron chi connectivity index (χ4n) is 4.84. The van der Waals surface area contributed by atoms with Gasteiger partial charge in [0.25, 0.3) is 5.56 Å². The van der Waals surface area contributed by atoms with E-state index in [0.717, 1.165) is 60.2 Å². The molecule has 0 spiro atoms. The first-order valence-corrected chi connectivity index (χ1v) is 11.5. The predicted molar refractivity (Wildman–Crippen MR) is 122 cm³/mol. The maximum atomic E-state index is 13.4. The molecule has 31 heavy (non-hydrogen) atoms. The number of tetrazole rings is 1. The molecule has 1 aromatic carbocycles. The molecule has 1 atom stereocenters. The van der Waals surface area contributed by atoms with Gasteiger partial charge in [-0.2, -0.15) is 0 Å². The SMILES string of the molecule is CCC(C)(C)n1nnnc1[C@H](c1cc2cc(C)cc(C)c2[nH]c1=O)[NH+]1CCC(C)CC1. The zero-order chi connectivity index (χ0) is 22.3. The molecular formula is C24H35N6O+. The Morgan fingerprint density at radius 2 is 1.94 bits per heavy atom. The fourth-order valence-corrected chi connectivity index (χ4v) is 4.84. The Morgan fingerprint density at radius 3 is 2.61 bits per heavy atom. The van der Waals surface area contributed by atoms with Crippen molar-refractivity contribution >= 4 is 10.9 Å². The van der Waals surface area contributed by atoms with Gasteiger partial charge in [-0.3, -0.25) is 4.79 Å². The number of aromatic nitrogens is 5. The number of aromatic amines is 1. The number of aryl methyl sites for hydroxylation is 2. The van der Waals surface area contributed by atoms with Crippen LogP contribution in [0.15, 0.2) is 23.0 Å². The first-order chi connectivity index (χ1) is 14.7. The average molecular weight is 424 g/mol. The van der Waals surface area contributed by atoms with Gasteiger partial charge in [-0.05, 0) is 86.4 Å². The molecule has 0 bridgehead atoms. The minimum atomic E-state index is -0.226. The molecule has 0 amide bonds. The molecule has 7 heteroatoms. The van der Waals surface area contributed by atoms with Gasteiger partial charge in [0.05, 0.1) is 29.7 Å². The van der Waals surface area contributed by atoms with Crippen LogP contribution >= 0.6 is 0 Å². The Labute approximate surface area is 183 Å². The molecule has 3 heterocycles. The molecule has 0 saturated carbocycles. The lowest BCUT2D eigenvalue weighted by Gasteiger charge is -2.34. The zero-order valence-corrected chi connectivity index (χ0v) is 19.6. The van der Waals surface area contributed by atoms with E-state index in [0.29, 0.717) is 5.92 Å². The Kier molecular flexibility index (Phi) is 5.73. The van der Waals surface area contributed by atoms with Crippen LogP contribution in [-0.4, -0.2) is 38.3 Å². The third-order valence-corrected chi connectivity index (χ3v) is 7.15. The summed E-state index contributed by atoms with van der Waals surface area (Å²) in [6.45, 7) is 14.9. The number of H-pyrrole nitrogens is 1. The Hall–Kier alpha value is -2.54. The van der Waals surface area contributed by atoms with E-state index in [-0.39, 0.29) is 17.1 Å². The molecule has 4 rings (SSSR count). The number of hydrogen-bond donors (Lipinski definition) is 2. The first-order valence-electron chi connectivity index (χ1n) is 11.5. The smallest absolute Gasteiger partial charge is 0.258 e. The first kappa shape index (κ1) is 21.7. The summed E-state index contributed by atoms with van der Waals surface area (Å²) < 4.78 is 1.94. The highest BCUT2D eigenvalue weighted by molar-refractivity contribution is 5.83. The highest BCUT2D eigenvalue weighted by atomic mass is 16.1. The number of hydrogen-bond acceptors (Lipinski definition) is 4. The van der Waals surface area contributed by atoms with Gasteiger partial charge >= 0.3 is 0 Å². The van der Waals surface area contributed by atoms with E-state index >= 15 is 0 Å². The minimum absolute atomic E-state index is 0.0422. The zero-order valence-electron chi connectivity index (χ0n) is 19.6. The molecule has 0 unspecified atom stereocenters. The number of quaternary nitrogens is 1. The van der Waals surface area contributed by atoms with Crippen LogP contribution in [0.1, 0.15) is 75.5 Å². The van der Waals surface area contributed by atoms with Crippen LogP contribution in [-0.2, 0) is 5.54 Å². The van der Waals surface area contributed by atoms with E-state index in [4.69, 9.17) is 0 Å². The van der Waals surface area contributed by atoms with Crippen molar-refractivity contribution in [2.45, 2.75) is 72.4 Å². The maximum Gasteiger partial charge on any atom is 0.258 e. The van der Waals surface area contributed by atoms with Crippen LogP contribution in [0.4, 0.5) is 0 Å². The van der Waals surface area contributed by atoms with Crippen molar-refractivity contribution < 1.29 is 4.90 Å². The summed E-state index contributed by atoms with van der Waals surface area (Å²) in [7, 11) is 0. The molecule has 0 aliphatic carbocycles. The van der Waals surface area contributed by atoms with Gasteiger partial charge in [0.15, 0.2) is 6.04 Å². The topological polar surface area (TPSA) is 80.9 Å². The fraction of sp³-hybridized carbons (Fsp3) is 0.583. The van der Waals surface area contributed by atoms with Crippen molar-refractivity contribution in [1.82, 2.24) is 25.2 Å². The van der Waals surface area contributed by atoms with Gasteiger partial charge in [0, 0.05) is 0 Å². The van der Waals surface area contributed by atoms with Crippen molar-refractivity contribution in [1.29, 1.82) is 0 Å². The van der Waals surface area contributed by atoms with Gasteiger partial charge in [0.2, 0.25) is 5.82 Å². The molecular weight excluding hydrogens is 388 g/mol. The number of rotatable bonds is 5. The highest BCUT2D eigenvalue weighted by Gasteiger charge is 2.38. The van der Waals surface area contributed by atoms with E-state index in [1.165, 1.54) is 10.5 Å². The van der Waals surface area contributed by atoms with Gasteiger partial charge in [-0.15, -0.1) is 5.10 Å². The predicted octanol–water partition coefficient (Wildman–Crippen LogP) is 2.68. The number of benzene rings is 1. The number of piperidine rings is 1. The standard InChI is InChI=1S/C24H34N6O/c1-7-24(5,6)30-22(26-27-28-30)21(29-10-8-15(2)9-11-29)19-14-18-13-16(3)12-17(4)20(18)25-23(19)31/h12-15,21H,7-11H2,1-6H3,(H,25,31)/p+1/t21-/m0/s1. The van der Waals surface area contributed by atoms with Crippen molar-refractivity contribution in [3.8, 4) is 0 Å². The van der Waals surface area contributed by atoms with Crippen LogP contribution in [0.2, 0.25) is 0 Å². The molecule has 1 fully saturated rings. The number of nitrogens with one attached hydrogen (secondary N) is 2. The molecule has 2 N–H and O–H groups in total. The van der Waals surface area contributed by atoms with Crippen molar-refractivity contribution in [2.75, 3.05) is 13.1 Å². The van der Waals surface area contributed by atoms with Gasteiger partial charge in [-0.1, -0.05) is 25.5 Å². The minimum Gasteiger partial charge on any atom is -0.322 e. The van der Waals surface area contributed by atoms with Crippen molar-refractivity contribution in [3.63, 3.8) is 0 Å². The molecule has 1 saturated heterocycles. The quantitative estimate of drug-likeness (QED) is 0.661. The van der Waals surface area contributed by atoms with E-state index in [1.54, 1.807) is 0 Å². The summed E-state index contributed by atoms with van der Waals surface area (Å²) in [6, 6.07) is 6.13. The van der Waals surface area contributed by atoms with Crippen LogP contribution in [0.5, 0.6) is 0 Å². The third kappa shape index (κ3) is 4.03. The summed E-state index contributed by atoms with van der Waals surface area (Å²) in [5.41, 5.74) is 3.68. The summed E-state index contributed by atoms with van der Waals surface area (Å²) >= 11 is 0. The number of pyridine rings is 1. The number of likely N-dealkylation sites (tertiary alicyclic amines) is 1. The lowest BCUT2D eigenvalue weighted by atomic mass is 9.94. The monoisotopic (exact) mass is 423 g/mol. The van der Waals surface area contributed by atoms with Crippen LogP contribution in [0.25, 0.3) is 10.9 Å².